The number of hydrogen-bond acceptors (Lipinski definition) is 3. The number of fused-ring (bicyclic) bond motifs is 4. The molecule has 0 radical (unpaired) electrons. The van der Waals surface area contributed by atoms with Gasteiger partial charge in [-0.3, -0.25) is 0 Å². The van der Waals surface area contributed by atoms with Crippen molar-refractivity contribution in [3.63, 3.8) is 0 Å². The SMILES string of the molecule is Brc1ccc(C2=NN3[C@@H](C2)c2ccccc2OC32CCC(c3ccccc3)CC2)cc1. The van der Waals surface area contributed by atoms with E-state index in [1.807, 2.05) is 0 Å². The van der Waals surface area contributed by atoms with Crippen LogP contribution < -0.4 is 4.74 Å². The van der Waals surface area contributed by atoms with Crippen molar-refractivity contribution >= 4 is 21.6 Å². The van der Waals surface area contributed by atoms with Crippen LogP contribution >= 0.6 is 15.9 Å². The third-order valence-electron chi connectivity index (χ3n) is 7.12. The molecule has 1 saturated carbocycles. The lowest BCUT2D eigenvalue weighted by atomic mass is 9.78. The molecule has 2 heterocycles. The molecule has 2 aliphatic heterocycles. The van der Waals surface area contributed by atoms with Crippen molar-refractivity contribution in [1.82, 2.24) is 5.01 Å². The minimum atomic E-state index is -0.346. The monoisotopic (exact) mass is 472 g/mol. The number of benzene rings is 3. The minimum Gasteiger partial charge on any atom is -0.466 e. The molecule has 6 rings (SSSR count). The molecule has 4 heteroatoms. The van der Waals surface area contributed by atoms with Gasteiger partial charge in [0.25, 0.3) is 0 Å². The van der Waals surface area contributed by atoms with E-state index in [1.54, 1.807) is 0 Å². The third kappa shape index (κ3) is 3.28. The van der Waals surface area contributed by atoms with Gasteiger partial charge >= 0.3 is 0 Å². The van der Waals surface area contributed by atoms with Crippen molar-refractivity contribution in [3.05, 3.63) is 100 Å². The standard InChI is InChI=1S/C27H25BrN2O/c28-22-12-10-21(11-13-22)24-18-25-23-8-4-5-9-26(23)31-27(30(25)29-24)16-14-20(15-17-27)19-6-2-1-3-7-19/h1-13,20,25H,14-18H2/t20?,25-,27?/m0/s1. The molecule has 0 N–H and O–H groups in total. The van der Waals surface area contributed by atoms with Crippen LogP contribution in [0.4, 0.5) is 0 Å². The molecule has 3 nitrogen and oxygen atoms in total. The molecule has 0 saturated heterocycles. The first kappa shape index (κ1) is 19.1. The molecule has 0 amide bonds. The fourth-order valence-corrected chi connectivity index (χ4v) is 5.77. The summed E-state index contributed by atoms with van der Waals surface area (Å²) in [7, 11) is 0. The lowest BCUT2D eigenvalue weighted by Crippen LogP contribution is -2.55. The molecule has 1 fully saturated rings. The van der Waals surface area contributed by atoms with Gasteiger partial charge in [-0.15, -0.1) is 0 Å². The van der Waals surface area contributed by atoms with Gasteiger partial charge in [-0.05, 0) is 48.1 Å². The maximum absolute atomic E-state index is 6.77. The molecule has 0 bridgehead atoms. The second-order valence-electron chi connectivity index (χ2n) is 8.89. The van der Waals surface area contributed by atoms with Crippen LogP contribution in [0.5, 0.6) is 5.75 Å². The average molecular weight is 473 g/mol. The van der Waals surface area contributed by atoms with Gasteiger partial charge in [-0.2, -0.15) is 5.10 Å². The smallest absolute Gasteiger partial charge is 0.198 e. The number of nitrogens with zero attached hydrogens (tertiary/aromatic N) is 2. The van der Waals surface area contributed by atoms with Crippen LogP contribution in [0.25, 0.3) is 0 Å². The topological polar surface area (TPSA) is 24.8 Å². The maximum Gasteiger partial charge on any atom is 0.198 e. The molecule has 0 unspecified atom stereocenters. The van der Waals surface area contributed by atoms with Crippen molar-refractivity contribution in [3.8, 4) is 5.75 Å². The Morgan fingerprint density at radius 3 is 2.35 bits per heavy atom. The molecule has 3 aromatic rings. The second kappa shape index (κ2) is 7.52. The number of halogens is 1. The largest absolute Gasteiger partial charge is 0.466 e. The Hall–Kier alpha value is -2.59. The zero-order valence-electron chi connectivity index (χ0n) is 17.4. The lowest BCUT2D eigenvalue weighted by Gasteiger charge is -2.50. The summed E-state index contributed by atoms with van der Waals surface area (Å²) in [5.41, 5.74) is 4.71. The molecule has 1 atom stereocenters. The van der Waals surface area contributed by atoms with E-state index in [0.717, 1.165) is 48.0 Å². The zero-order chi connectivity index (χ0) is 20.8. The number of para-hydroxylation sites is 1. The van der Waals surface area contributed by atoms with Crippen LogP contribution in [-0.2, 0) is 0 Å². The first-order valence-corrected chi connectivity index (χ1v) is 12.0. The van der Waals surface area contributed by atoms with Crippen molar-refractivity contribution < 1.29 is 4.74 Å². The van der Waals surface area contributed by atoms with E-state index in [-0.39, 0.29) is 11.8 Å². The van der Waals surface area contributed by atoms with E-state index >= 15 is 0 Å². The highest BCUT2D eigenvalue weighted by atomic mass is 79.9. The summed E-state index contributed by atoms with van der Waals surface area (Å²) in [4.78, 5) is 0. The summed E-state index contributed by atoms with van der Waals surface area (Å²) in [5.74, 6) is 1.64. The molecule has 0 aromatic heterocycles. The van der Waals surface area contributed by atoms with Gasteiger partial charge < -0.3 is 4.74 Å². The molecule has 3 aliphatic rings. The molecule has 31 heavy (non-hydrogen) atoms. The van der Waals surface area contributed by atoms with Crippen molar-refractivity contribution in [2.75, 3.05) is 0 Å². The Bertz CT molecular complexity index is 1120. The number of ether oxygens (including phenoxy) is 1. The van der Waals surface area contributed by atoms with E-state index in [4.69, 9.17) is 9.84 Å². The molecule has 156 valence electrons. The number of rotatable bonds is 2. The van der Waals surface area contributed by atoms with Crippen LogP contribution in [-0.4, -0.2) is 16.4 Å². The van der Waals surface area contributed by atoms with Gasteiger partial charge in [0.1, 0.15) is 5.75 Å². The van der Waals surface area contributed by atoms with Crippen LogP contribution in [0, 0.1) is 0 Å². The summed E-state index contributed by atoms with van der Waals surface area (Å²) in [6.07, 6.45) is 5.16. The predicted molar refractivity (Wildman–Crippen MR) is 127 cm³/mol. The highest BCUT2D eigenvalue weighted by Crippen LogP contribution is 2.52. The van der Waals surface area contributed by atoms with E-state index in [9.17, 15) is 0 Å². The van der Waals surface area contributed by atoms with Gasteiger partial charge in [0.2, 0.25) is 0 Å². The normalized spacial score (nSPS) is 26.7. The Balaban J connectivity index is 1.35. The van der Waals surface area contributed by atoms with Gasteiger partial charge in [-0.25, -0.2) is 5.01 Å². The summed E-state index contributed by atoms with van der Waals surface area (Å²) in [6.45, 7) is 0. The Morgan fingerprint density at radius 2 is 1.58 bits per heavy atom. The molecular weight excluding hydrogens is 448 g/mol. The van der Waals surface area contributed by atoms with Gasteiger partial charge in [0.15, 0.2) is 5.72 Å². The van der Waals surface area contributed by atoms with Gasteiger partial charge in [-0.1, -0.05) is 76.6 Å². The van der Waals surface area contributed by atoms with Crippen LogP contribution in [0.15, 0.2) is 88.4 Å². The molecular formula is C27H25BrN2O. The highest BCUT2D eigenvalue weighted by molar-refractivity contribution is 9.10. The molecule has 1 aliphatic carbocycles. The van der Waals surface area contributed by atoms with Crippen molar-refractivity contribution in [2.45, 2.75) is 49.8 Å². The predicted octanol–water partition coefficient (Wildman–Crippen LogP) is 7.05. The molecule has 3 aromatic carbocycles. The first-order chi connectivity index (χ1) is 15.2. The first-order valence-electron chi connectivity index (χ1n) is 11.2. The van der Waals surface area contributed by atoms with Crippen LogP contribution in [0.3, 0.4) is 0 Å². The second-order valence-corrected chi connectivity index (χ2v) is 9.80. The van der Waals surface area contributed by atoms with Crippen LogP contribution in [0.2, 0.25) is 0 Å². The van der Waals surface area contributed by atoms with Crippen LogP contribution in [0.1, 0.15) is 60.8 Å². The number of hydrazone groups is 1. The van der Waals surface area contributed by atoms with Gasteiger partial charge in [0, 0.05) is 29.3 Å². The Morgan fingerprint density at radius 1 is 0.871 bits per heavy atom. The Labute approximate surface area is 191 Å². The average Bonchev–Trinajstić information content (AvgIpc) is 3.28. The number of hydrogen-bond donors (Lipinski definition) is 0. The molecule has 1 spiro atoms. The summed E-state index contributed by atoms with van der Waals surface area (Å²) in [5, 5.41) is 7.51. The summed E-state index contributed by atoms with van der Waals surface area (Å²) >= 11 is 3.55. The van der Waals surface area contributed by atoms with Crippen molar-refractivity contribution in [2.24, 2.45) is 5.10 Å². The van der Waals surface area contributed by atoms with E-state index in [1.165, 1.54) is 16.7 Å². The summed E-state index contributed by atoms with van der Waals surface area (Å²) < 4.78 is 7.87. The third-order valence-corrected chi connectivity index (χ3v) is 7.65. The van der Waals surface area contributed by atoms with Gasteiger partial charge in [0.05, 0.1) is 11.8 Å². The Kier molecular flexibility index (Phi) is 4.64. The lowest BCUT2D eigenvalue weighted by molar-refractivity contribution is -0.142. The fourth-order valence-electron chi connectivity index (χ4n) is 5.50. The van der Waals surface area contributed by atoms with Crippen molar-refractivity contribution in [1.29, 1.82) is 0 Å². The zero-order valence-corrected chi connectivity index (χ0v) is 19.0. The van der Waals surface area contributed by atoms with E-state index in [0.29, 0.717) is 5.92 Å². The maximum atomic E-state index is 6.77. The summed E-state index contributed by atoms with van der Waals surface area (Å²) in [6, 6.07) is 28.2. The quantitative estimate of drug-likeness (QED) is 0.399. The minimum absolute atomic E-state index is 0.247. The highest BCUT2D eigenvalue weighted by Gasteiger charge is 2.51. The van der Waals surface area contributed by atoms with E-state index < -0.39 is 0 Å². The van der Waals surface area contributed by atoms with E-state index in [2.05, 4.69) is 99.8 Å². The fraction of sp³-hybridized carbons (Fsp3) is 0.296.